The molecule has 0 saturated heterocycles. The van der Waals surface area contributed by atoms with Gasteiger partial charge in [0.1, 0.15) is 16.7 Å². The van der Waals surface area contributed by atoms with Crippen molar-refractivity contribution in [3.63, 3.8) is 0 Å². The number of ether oxygens (including phenoxy) is 1. The van der Waals surface area contributed by atoms with Gasteiger partial charge in [-0.3, -0.25) is 0 Å². The molecular weight excluding hydrogens is 276 g/mol. The lowest BCUT2D eigenvalue weighted by Crippen LogP contribution is -2.07. The van der Waals surface area contributed by atoms with Crippen LogP contribution >= 0.6 is 11.6 Å². The highest BCUT2D eigenvalue weighted by molar-refractivity contribution is 6.30. The maximum atomic E-state index is 9.95. The van der Waals surface area contributed by atoms with Crippen LogP contribution in [0, 0.1) is 6.92 Å². The van der Waals surface area contributed by atoms with Crippen LogP contribution in [-0.2, 0) is 0 Å². The van der Waals surface area contributed by atoms with Crippen molar-refractivity contribution in [2.24, 2.45) is 0 Å². The Balaban J connectivity index is 2.23. The molecule has 0 spiro atoms. The van der Waals surface area contributed by atoms with Gasteiger partial charge in [-0.25, -0.2) is 4.98 Å². The van der Waals surface area contributed by atoms with E-state index in [1.165, 1.54) is 0 Å². The third-order valence-corrected chi connectivity index (χ3v) is 3.49. The predicted molar refractivity (Wildman–Crippen MR) is 80.7 cm³/mol. The Morgan fingerprint density at radius 3 is 2.75 bits per heavy atom. The Bertz CT molecular complexity index is 617. The maximum Gasteiger partial charge on any atom is 0.132 e. The number of aryl methyl sites for hydroxylation is 1. The Morgan fingerprint density at radius 2 is 2.10 bits per heavy atom. The molecule has 0 bridgehead atoms. The van der Waals surface area contributed by atoms with Crippen LogP contribution in [0.25, 0.3) is 0 Å². The number of nitrogens with zero attached hydrogens (tertiary/aromatic N) is 1. The number of benzene rings is 1. The van der Waals surface area contributed by atoms with Crippen molar-refractivity contribution in [2.75, 3.05) is 12.4 Å². The zero-order chi connectivity index (χ0) is 14.7. The van der Waals surface area contributed by atoms with Gasteiger partial charge in [-0.1, -0.05) is 11.6 Å². The number of hydrogen-bond acceptors (Lipinski definition) is 4. The fourth-order valence-electron chi connectivity index (χ4n) is 1.97. The summed E-state index contributed by atoms with van der Waals surface area (Å²) in [6, 6.07) is 6.98. The lowest BCUT2D eigenvalue weighted by Gasteiger charge is -2.18. The fraction of sp³-hybridized carbons (Fsp3) is 0.267. The van der Waals surface area contributed by atoms with E-state index in [1.54, 1.807) is 25.4 Å². The largest absolute Gasteiger partial charge is 0.508 e. The molecule has 5 heteroatoms. The molecule has 0 amide bonds. The van der Waals surface area contributed by atoms with Crippen molar-refractivity contribution >= 4 is 17.3 Å². The third-order valence-electron chi connectivity index (χ3n) is 3.10. The van der Waals surface area contributed by atoms with E-state index in [0.717, 1.165) is 16.8 Å². The predicted octanol–water partition coefficient (Wildman–Crippen LogP) is 3.93. The molecule has 0 fully saturated rings. The molecule has 0 radical (unpaired) electrons. The van der Waals surface area contributed by atoms with Gasteiger partial charge in [0.2, 0.25) is 0 Å². The van der Waals surface area contributed by atoms with Crippen molar-refractivity contribution in [1.82, 2.24) is 4.98 Å². The summed E-state index contributed by atoms with van der Waals surface area (Å²) in [5.41, 5.74) is 2.51. The SMILES string of the molecule is COc1ccc(O)c(C(C)Nc2cnc(Cl)c(C)c2)c1. The molecule has 2 aromatic rings. The molecule has 1 aromatic carbocycles. The summed E-state index contributed by atoms with van der Waals surface area (Å²) in [5, 5.41) is 13.7. The van der Waals surface area contributed by atoms with Gasteiger partial charge < -0.3 is 15.2 Å². The number of rotatable bonds is 4. The first-order chi connectivity index (χ1) is 9.51. The molecule has 0 saturated carbocycles. The van der Waals surface area contributed by atoms with Gasteiger partial charge in [-0.2, -0.15) is 0 Å². The summed E-state index contributed by atoms with van der Waals surface area (Å²) in [4.78, 5) is 4.10. The molecule has 0 aliphatic heterocycles. The summed E-state index contributed by atoms with van der Waals surface area (Å²) in [6.45, 7) is 3.85. The number of aromatic nitrogens is 1. The maximum absolute atomic E-state index is 9.95. The average Bonchev–Trinajstić information content (AvgIpc) is 2.43. The minimum Gasteiger partial charge on any atom is -0.508 e. The molecule has 1 aromatic heterocycles. The normalized spacial score (nSPS) is 12.0. The van der Waals surface area contributed by atoms with E-state index in [4.69, 9.17) is 16.3 Å². The number of phenols is 1. The number of halogens is 1. The number of nitrogens with one attached hydrogen (secondary N) is 1. The van der Waals surface area contributed by atoms with Gasteiger partial charge in [0.05, 0.1) is 25.0 Å². The van der Waals surface area contributed by atoms with E-state index in [9.17, 15) is 5.11 Å². The van der Waals surface area contributed by atoms with E-state index >= 15 is 0 Å². The van der Waals surface area contributed by atoms with Crippen LogP contribution in [-0.4, -0.2) is 17.2 Å². The highest BCUT2D eigenvalue weighted by Crippen LogP contribution is 2.30. The molecular formula is C15H17ClN2O2. The van der Waals surface area contributed by atoms with E-state index in [1.807, 2.05) is 26.0 Å². The molecule has 1 heterocycles. The van der Waals surface area contributed by atoms with Crippen molar-refractivity contribution < 1.29 is 9.84 Å². The fourth-order valence-corrected chi connectivity index (χ4v) is 2.07. The first-order valence-corrected chi connectivity index (χ1v) is 6.64. The van der Waals surface area contributed by atoms with Crippen molar-refractivity contribution in [3.05, 3.63) is 46.7 Å². The lowest BCUT2D eigenvalue weighted by atomic mass is 10.1. The smallest absolute Gasteiger partial charge is 0.132 e. The molecule has 20 heavy (non-hydrogen) atoms. The number of hydrogen-bond donors (Lipinski definition) is 2. The summed E-state index contributed by atoms with van der Waals surface area (Å²) in [5.74, 6) is 0.932. The molecule has 1 atom stereocenters. The second kappa shape index (κ2) is 6.01. The van der Waals surface area contributed by atoms with E-state index in [0.29, 0.717) is 10.9 Å². The van der Waals surface area contributed by atoms with Crippen LogP contribution < -0.4 is 10.1 Å². The first kappa shape index (κ1) is 14.5. The Labute approximate surface area is 123 Å². The zero-order valence-electron chi connectivity index (χ0n) is 11.6. The van der Waals surface area contributed by atoms with Crippen molar-refractivity contribution in [1.29, 1.82) is 0 Å². The standard InChI is InChI=1S/C15H17ClN2O2/c1-9-6-11(8-17-15(9)16)18-10(2)13-7-12(20-3)4-5-14(13)19/h4-8,10,18-19H,1-3H3. The van der Waals surface area contributed by atoms with E-state index in [-0.39, 0.29) is 11.8 Å². The summed E-state index contributed by atoms with van der Waals surface area (Å²) in [6.07, 6.45) is 1.67. The van der Waals surface area contributed by atoms with Gasteiger partial charge in [-0.15, -0.1) is 0 Å². The number of anilines is 1. The second-order valence-electron chi connectivity index (χ2n) is 4.62. The van der Waals surface area contributed by atoms with Crippen LogP contribution in [0.5, 0.6) is 11.5 Å². The monoisotopic (exact) mass is 292 g/mol. The molecule has 0 aliphatic rings. The van der Waals surface area contributed by atoms with Crippen LogP contribution in [0.4, 0.5) is 5.69 Å². The number of pyridine rings is 1. The quantitative estimate of drug-likeness (QED) is 0.838. The molecule has 0 aliphatic carbocycles. The number of phenolic OH excluding ortho intramolecular Hbond substituents is 1. The third kappa shape index (κ3) is 3.14. The van der Waals surface area contributed by atoms with Gasteiger partial charge >= 0.3 is 0 Å². The van der Waals surface area contributed by atoms with Crippen LogP contribution in [0.15, 0.2) is 30.5 Å². The van der Waals surface area contributed by atoms with Crippen molar-refractivity contribution in [2.45, 2.75) is 19.9 Å². The number of methoxy groups -OCH3 is 1. The van der Waals surface area contributed by atoms with Crippen LogP contribution in [0.1, 0.15) is 24.1 Å². The Hall–Kier alpha value is -1.94. The van der Waals surface area contributed by atoms with Crippen molar-refractivity contribution in [3.8, 4) is 11.5 Å². The summed E-state index contributed by atoms with van der Waals surface area (Å²) in [7, 11) is 1.60. The minimum atomic E-state index is -0.0903. The van der Waals surface area contributed by atoms with Gasteiger partial charge in [0.25, 0.3) is 0 Å². The minimum absolute atomic E-state index is 0.0903. The first-order valence-electron chi connectivity index (χ1n) is 6.27. The second-order valence-corrected chi connectivity index (χ2v) is 4.98. The number of aromatic hydroxyl groups is 1. The van der Waals surface area contributed by atoms with Crippen LogP contribution in [0.2, 0.25) is 5.15 Å². The lowest BCUT2D eigenvalue weighted by molar-refractivity contribution is 0.410. The molecule has 106 valence electrons. The molecule has 1 unspecified atom stereocenters. The van der Waals surface area contributed by atoms with E-state index < -0.39 is 0 Å². The molecule has 4 nitrogen and oxygen atoms in total. The highest BCUT2D eigenvalue weighted by atomic mass is 35.5. The zero-order valence-corrected chi connectivity index (χ0v) is 12.4. The van der Waals surface area contributed by atoms with Gasteiger partial charge in [-0.05, 0) is 43.7 Å². The van der Waals surface area contributed by atoms with Gasteiger partial charge in [0, 0.05) is 5.56 Å². The topological polar surface area (TPSA) is 54.4 Å². The molecule has 2 N–H and O–H groups in total. The van der Waals surface area contributed by atoms with Crippen LogP contribution in [0.3, 0.4) is 0 Å². The van der Waals surface area contributed by atoms with E-state index in [2.05, 4.69) is 10.3 Å². The highest BCUT2D eigenvalue weighted by Gasteiger charge is 2.12. The average molecular weight is 293 g/mol. The molecule has 2 rings (SSSR count). The van der Waals surface area contributed by atoms with Gasteiger partial charge in [0.15, 0.2) is 0 Å². The summed E-state index contributed by atoms with van der Waals surface area (Å²) < 4.78 is 5.18. The summed E-state index contributed by atoms with van der Waals surface area (Å²) >= 11 is 5.90. The Morgan fingerprint density at radius 1 is 1.35 bits per heavy atom. The Kier molecular flexibility index (Phi) is 4.35.